The fourth-order valence-electron chi connectivity index (χ4n) is 4.28. The van der Waals surface area contributed by atoms with Crippen molar-refractivity contribution in [3.63, 3.8) is 0 Å². The lowest BCUT2D eigenvalue weighted by Gasteiger charge is -2.20. The predicted molar refractivity (Wildman–Crippen MR) is 128 cm³/mol. The Bertz CT molecular complexity index is 1100. The molecule has 0 aliphatic carbocycles. The molecular formula is C26H31N3O3. The van der Waals surface area contributed by atoms with Crippen LogP contribution in [0.25, 0.3) is 11.0 Å². The number of nitrogens with one attached hydrogen (secondary N) is 2. The number of amides is 2. The number of hydrogen-bond acceptors (Lipinski definition) is 4. The molecule has 1 unspecified atom stereocenters. The Labute approximate surface area is 189 Å². The largest absolute Gasteiger partial charge is 0.451 e. The molecule has 6 nitrogen and oxygen atoms in total. The van der Waals surface area contributed by atoms with Gasteiger partial charge in [0.25, 0.3) is 5.91 Å². The summed E-state index contributed by atoms with van der Waals surface area (Å²) >= 11 is 0. The number of benzene rings is 2. The van der Waals surface area contributed by atoms with Gasteiger partial charge in [-0.05, 0) is 50.5 Å². The number of nitrogens with zero attached hydrogens (tertiary/aromatic N) is 1. The average molecular weight is 434 g/mol. The normalized spacial score (nSPS) is 14.5. The second-order valence-corrected chi connectivity index (χ2v) is 8.45. The van der Waals surface area contributed by atoms with Crippen molar-refractivity contribution in [1.82, 2.24) is 5.32 Å². The molecule has 0 radical (unpaired) electrons. The summed E-state index contributed by atoms with van der Waals surface area (Å²) in [5.41, 5.74) is 3.32. The summed E-state index contributed by atoms with van der Waals surface area (Å²) in [4.78, 5) is 28.4. The number of hydrogen-bond donors (Lipinski definition) is 2. The van der Waals surface area contributed by atoms with E-state index in [0.717, 1.165) is 48.3 Å². The maximum absolute atomic E-state index is 13.1. The van der Waals surface area contributed by atoms with Crippen molar-refractivity contribution in [3.8, 4) is 0 Å². The zero-order valence-electron chi connectivity index (χ0n) is 18.8. The van der Waals surface area contributed by atoms with Crippen LogP contribution in [0, 0.1) is 6.92 Å². The van der Waals surface area contributed by atoms with Crippen LogP contribution in [0.1, 0.15) is 55.1 Å². The summed E-state index contributed by atoms with van der Waals surface area (Å²) in [6.07, 6.45) is 4.74. The minimum Gasteiger partial charge on any atom is -0.451 e. The molecule has 168 valence electrons. The van der Waals surface area contributed by atoms with Gasteiger partial charge in [0.15, 0.2) is 5.76 Å². The number of anilines is 2. The van der Waals surface area contributed by atoms with E-state index >= 15 is 0 Å². The van der Waals surface area contributed by atoms with E-state index in [1.54, 1.807) is 0 Å². The van der Waals surface area contributed by atoms with E-state index < -0.39 is 6.04 Å². The predicted octanol–water partition coefficient (Wildman–Crippen LogP) is 5.27. The minimum absolute atomic E-state index is 0.209. The third-order valence-electron chi connectivity index (χ3n) is 6.10. The Balaban J connectivity index is 1.48. The lowest BCUT2D eigenvalue weighted by atomic mass is 10.1. The fourth-order valence-corrected chi connectivity index (χ4v) is 4.28. The maximum atomic E-state index is 13.1. The number of fused-ring (bicyclic) bond motifs is 1. The van der Waals surface area contributed by atoms with Crippen molar-refractivity contribution in [2.75, 3.05) is 23.3 Å². The van der Waals surface area contributed by atoms with Crippen LogP contribution in [0.2, 0.25) is 0 Å². The highest BCUT2D eigenvalue weighted by molar-refractivity contribution is 6.03. The van der Waals surface area contributed by atoms with Crippen LogP contribution in [-0.2, 0) is 4.79 Å². The molecule has 2 N–H and O–H groups in total. The molecule has 3 aromatic rings. The Morgan fingerprint density at radius 3 is 2.62 bits per heavy atom. The second-order valence-electron chi connectivity index (χ2n) is 8.45. The first kappa shape index (κ1) is 21.9. The van der Waals surface area contributed by atoms with E-state index in [-0.39, 0.29) is 17.6 Å². The molecule has 1 fully saturated rings. The Morgan fingerprint density at radius 1 is 1.09 bits per heavy atom. The quantitative estimate of drug-likeness (QED) is 0.508. The molecule has 1 aliphatic heterocycles. The van der Waals surface area contributed by atoms with Gasteiger partial charge in [-0.1, -0.05) is 44.0 Å². The first-order valence-corrected chi connectivity index (χ1v) is 11.5. The first-order valence-electron chi connectivity index (χ1n) is 11.5. The number of aryl methyl sites for hydroxylation is 1. The standard InChI is InChI=1S/C26H31N3O3/c1-3-4-13-22(28-26(31)24-18(2)21-12-5-6-14-23(21)32-24)25(30)27-19-10-9-11-20(17-19)29-15-7-8-16-29/h5-6,9-12,14,17,22H,3-4,7-8,13,15-16H2,1-2H3,(H,27,30)(H,28,31). The molecule has 4 rings (SSSR count). The fraction of sp³-hybridized carbons (Fsp3) is 0.385. The van der Waals surface area contributed by atoms with Gasteiger partial charge >= 0.3 is 0 Å². The first-order chi connectivity index (χ1) is 15.6. The minimum atomic E-state index is -0.634. The monoisotopic (exact) mass is 433 g/mol. The van der Waals surface area contributed by atoms with Crippen molar-refractivity contribution in [2.45, 2.75) is 52.0 Å². The van der Waals surface area contributed by atoms with E-state index in [1.165, 1.54) is 12.8 Å². The molecule has 1 atom stereocenters. The molecule has 1 aliphatic rings. The highest BCUT2D eigenvalue weighted by Gasteiger charge is 2.25. The summed E-state index contributed by atoms with van der Waals surface area (Å²) in [5.74, 6) is -0.309. The molecule has 0 spiro atoms. The molecular weight excluding hydrogens is 402 g/mol. The number of carbonyl (C=O) groups is 2. The van der Waals surface area contributed by atoms with Crippen LogP contribution in [-0.4, -0.2) is 30.9 Å². The molecule has 0 saturated carbocycles. The molecule has 2 aromatic carbocycles. The molecule has 0 bridgehead atoms. The molecule has 32 heavy (non-hydrogen) atoms. The molecule has 2 heterocycles. The van der Waals surface area contributed by atoms with Gasteiger partial charge in [0.2, 0.25) is 5.91 Å². The Morgan fingerprint density at radius 2 is 1.88 bits per heavy atom. The number of furan rings is 1. The van der Waals surface area contributed by atoms with Gasteiger partial charge < -0.3 is 20.0 Å². The van der Waals surface area contributed by atoms with E-state index in [4.69, 9.17) is 4.42 Å². The third-order valence-corrected chi connectivity index (χ3v) is 6.10. The summed E-state index contributed by atoms with van der Waals surface area (Å²) in [6.45, 7) is 6.03. The lowest BCUT2D eigenvalue weighted by molar-refractivity contribution is -0.118. The van der Waals surface area contributed by atoms with Gasteiger partial charge in [-0.2, -0.15) is 0 Å². The van der Waals surface area contributed by atoms with Crippen LogP contribution in [0.15, 0.2) is 52.9 Å². The number of para-hydroxylation sites is 1. The molecule has 6 heteroatoms. The summed E-state index contributed by atoms with van der Waals surface area (Å²) in [6, 6.07) is 14.9. The van der Waals surface area contributed by atoms with Crippen molar-refractivity contribution in [2.24, 2.45) is 0 Å². The maximum Gasteiger partial charge on any atom is 0.287 e. The SMILES string of the molecule is CCCCC(NC(=O)c1oc2ccccc2c1C)C(=O)Nc1cccc(N2CCCC2)c1. The van der Waals surface area contributed by atoms with Crippen LogP contribution in [0.4, 0.5) is 11.4 Å². The van der Waals surface area contributed by atoms with Crippen molar-refractivity contribution in [3.05, 3.63) is 59.9 Å². The van der Waals surface area contributed by atoms with E-state index in [2.05, 4.69) is 28.5 Å². The third kappa shape index (κ3) is 4.79. The number of carbonyl (C=O) groups excluding carboxylic acids is 2. The van der Waals surface area contributed by atoms with Crippen molar-refractivity contribution >= 4 is 34.2 Å². The van der Waals surface area contributed by atoms with Crippen molar-refractivity contribution in [1.29, 1.82) is 0 Å². The van der Waals surface area contributed by atoms with Gasteiger partial charge in [0.05, 0.1) is 0 Å². The molecule has 1 saturated heterocycles. The van der Waals surface area contributed by atoms with Crippen LogP contribution in [0.3, 0.4) is 0 Å². The summed E-state index contributed by atoms with van der Waals surface area (Å²) < 4.78 is 5.79. The van der Waals surface area contributed by atoms with Gasteiger partial charge in [-0.15, -0.1) is 0 Å². The Hall–Kier alpha value is -3.28. The zero-order chi connectivity index (χ0) is 22.5. The van der Waals surface area contributed by atoms with Gasteiger partial charge in [0, 0.05) is 35.4 Å². The summed E-state index contributed by atoms with van der Waals surface area (Å²) in [7, 11) is 0. The van der Waals surface area contributed by atoms with Crippen LogP contribution >= 0.6 is 0 Å². The second kappa shape index (κ2) is 9.90. The van der Waals surface area contributed by atoms with Crippen molar-refractivity contribution < 1.29 is 14.0 Å². The van der Waals surface area contributed by atoms with E-state index in [9.17, 15) is 9.59 Å². The Kier molecular flexibility index (Phi) is 6.78. The van der Waals surface area contributed by atoms with Crippen LogP contribution < -0.4 is 15.5 Å². The highest BCUT2D eigenvalue weighted by Crippen LogP contribution is 2.26. The zero-order valence-corrected chi connectivity index (χ0v) is 18.8. The average Bonchev–Trinajstić information content (AvgIpc) is 3.45. The van der Waals surface area contributed by atoms with E-state index in [1.807, 2.05) is 49.4 Å². The van der Waals surface area contributed by atoms with Gasteiger partial charge in [0.1, 0.15) is 11.6 Å². The highest BCUT2D eigenvalue weighted by atomic mass is 16.3. The molecule has 2 amide bonds. The van der Waals surface area contributed by atoms with Gasteiger partial charge in [-0.25, -0.2) is 0 Å². The van der Waals surface area contributed by atoms with E-state index in [0.29, 0.717) is 12.0 Å². The molecule has 1 aromatic heterocycles. The summed E-state index contributed by atoms with van der Waals surface area (Å²) in [5, 5.41) is 6.81. The number of rotatable bonds is 8. The number of unbranched alkanes of at least 4 members (excludes halogenated alkanes) is 1. The lowest BCUT2D eigenvalue weighted by Crippen LogP contribution is -2.43. The van der Waals surface area contributed by atoms with Gasteiger partial charge in [-0.3, -0.25) is 9.59 Å². The van der Waals surface area contributed by atoms with Crippen LogP contribution in [0.5, 0.6) is 0 Å². The smallest absolute Gasteiger partial charge is 0.287 e. The topological polar surface area (TPSA) is 74.6 Å².